The zero-order valence-corrected chi connectivity index (χ0v) is 14.6. The lowest BCUT2D eigenvalue weighted by Crippen LogP contribution is -2.21. The molecule has 130 valence electrons. The number of hydrogen-bond donors (Lipinski definition) is 2. The third kappa shape index (κ3) is 4.57. The Morgan fingerprint density at radius 1 is 0.885 bits per heavy atom. The number of nitrogens with one attached hydrogen (secondary N) is 1. The number of anilines is 1. The smallest absolute Gasteiger partial charge is 0.271 e. The molecule has 3 rings (SSSR count). The second-order valence-electron chi connectivity index (χ2n) is 6.15. The van der Waals surface area contributed by atoms with E-state index < -0.39 is 0 Å². The van der Waals surface area contributed by atoms with Crippen molar-refractivity contribution in [1.82, 2.24) is 5.43 Å². The van der Waals surface area contributed by atoms with E-state index in [0.717, 1.165) is 16.8 Å². The van der Waals surface area contributed by atoms with Crippen LogP contribution in [0.25, 0.3) is 0 Å². The van der Waals surface area contributed by atoms with E-state index in [4.69, 9.17) is 5.73 Å². The summed E-state index contributed by atoms with van der Waals surface area (Å²) in [6, 6.07) is 24.9. The quantitative estimate of drug-likeness (QED) is 0.418. The highest BCUT2D eigenvalue weighted by molar-refractivity contribution is 6.03. The molecule has 0 saturated carbocycles. The molecule has 0 atom stereocenters. The number of benzene rings is 3. The highest BCUT2D eigenvalue weighted by Gasteiger charge is 2.08. The van der Waals surface area contributed by atoms with Gasteiger partial charge in [0, 0.05) is 17.7 Å². The number of carbonyl (C=O) groups excluding carboxylic acids is 1. The van der Waals surface area contributed by atoms with Crippen molar-refractivity contribution in [2.45, 2.75) is 13.3 Å². The first-order valence-electron chi connectivity index (χ1n) is 8.45. The van der Waals surface area contributed by atoms with Crippen molar-refractivity contribution in [1.29, 1.82) is 0 Å². The minimum Gasteiger partial charge on any atom is -0.399 e. The van der Waals surface area contributed by atoms with Crippen molar-refractivity contribution >= 4 is 17.3 Å². The number of rotatable bonds is 5. The van der Waals surface area contributed by atoms with Crippen LogP contribution in [0.3, 0.4) is 0 Å². The molecule has 0 saturated heterocycles. The number of nitrogen functional groups attached to an aromatic ring is 1. The summed E-state index contributed by atoms with van der Waals surface area (Å²) in [7, 11) is 0. The molecule has 0 heterocycles. The Morgan fingerprint density at radius 2 is 1.50 bits per heavy atom. The normalized spacial score (nSPS) is 11.2. The fourth-order valence-corrected chi connectivity index (χ4v) is 2.56. The predicted octanol–water partition coefficient (Wildman–Crippen LogP) is 3.95. The van der Waals surface area contributed by atoms with Gasteiger partial charge in [-0.25, -0.2) is 5.43 Å². The summed E-state index contributed by atoms with van der Waals surface area (Å²) in [6.45, 7) is 2.04. The Balaban J connectivity index is 1.84. The standard InChI is InChI=1S/C22H21N3O/c1-16-7-9-18(10-8-16)21(15-17-5-3-2-4-6-17)24-25-22(26)19-11-13-20(23)14-12-19/h2-14H,15,23H2,1H3,(H,25,26)/b24-21+. The first-order valence-corrected chi connectivity index (χ1v) is 8.45. The van der Waals surface area contributed by atoms with Gasteiger partial charge in [-0.3, -0.25) is 4.79 Å². The maximum Gasteiger partial charge on any atom is 0.271 e. The number of hydrogen-bond acceptors (Lipinski definition) is 3. The molecule has 0 aliphatic carbocycles. The predicted molar refractivity (Wildman–Crippen MR) is 106 cm³/mol. The Hall–Kier alpha value is -3.40. The van der Waals surface area contributed by atoms with E-state index in [1.54, 1.807) is 24.3 Å². The Labute approximate surface area is 153 Å². The van der Waals surface area contributed by atoms with Crippen LogP contribution in [0.15, 0.2) is 84.0 Å². The molecule has 3 N–H and O–H groups in total. The molecule has 0 aromatic heterocycles. The molecule has 0 aliphatic rings. The monoisotopic (exact) mass is 343 g/mol. The molecule has 0 spiro atoms. The molecule has 0 aliphatic heterocycles. The van der Waals surface area contributed by atoms with E-state index in [1.165, 1.54) is 5.56 Å². The highest BCUT2D eigenvalue weighted by Crippen LogP contribution is 2.11. The lowest BCUT2D eigenvalue weighted by atomic mass is 10.0. The Kier molecular flexibility index (Phi) is 5.44. The number of nitrogens with zero attached hydrogens (tertiary/aromatic N) is 1. The van der Waals surface area contributed by atoms with Gasteiger partial charge in [0.15, 0.2) is 0 Å². The van der Waals surface area contributed by atoms with Crippen LogP contribution in [0, 0.1) is 6.92 Å². The zero-order chi connectivity index (χ0) is 18.4. The molecule has 26 heavy (non-hydrogen) atoms. The van der Waals surface area contributed by atoms with E-state index in [-0.39, 0.29) is 5.91 Å². The van der Waals surface area contributed by atoms with Crippen LogP contribution in [0.5, 0.6) is 0 Å². The fraction of sp³-hybridized carbons (Fsp3) is 0.0909. The summed E-state index contributed by atoms with van der Waals surface area (Å²) in [5, 5.41) is 4.40. The van der Waals surface area contributed by atoms with Gasteiger partial charge in [0.05, 0.1) is 5.71 Å². The summed E-state index contributed by atoms with van der Waals surface area (Å²) in [5.41, 5.74) is 13.6. The Bertz CT molecular complexity index is 898. The molecule has 3 aromatic rings. The summed E-state index contributed by atoms with van der Waals surface area (Å²) in [6.07, 6.45) is 0.631. The average Bonchev–Trinajstić information content (AvgIpc) is 2.67. The molecule has 0 unspecified atom stereocenters. The number of aryl methyl sites for hydroxylation is 1. The van der Waals surface area contributed by atoms with Crippen molar-refractivity contribution in [2.24, 2.45) is 5.10 Å². The van der Waals surface area contributed by atoms with Gasteiger partial charge >= 0.3 is 0 Å². The molecular formula is C22H21N3O. The summed E-state index contributed by atoms with van der Waals surface area (Å²) >= 11 is 0. The summed E-state index contributed by atoms with van der Waals surface area (Å²) in [4.78, 5) is 12.3. The van der Waals surface area contributed by atoms with Crippen molar-refractivity contribution in [3.63, 3.8) is 0 Å². The Morgan fingerprint density at radius 3 is 2.15 bits per heavy atom. The second-order valence-corrected chi connectivity index (χ2v) is 6.15. The molecule has 0 bridgehead atoms. The number of hydrazone groups is 1. The largest absolute Gasteiger partial charge is 0.399 e. The highest BCUT2D eigenvalue weighted by atomic mass is 16.2. The molecule has 0 fully saturated rings. The lowest BCUT2D eigenvalue weighted by Gasteiger charge is -2.09. The first kappa shape index (κ1) is 17.4. The van der Waals surface area contributed by atoms with Gasteiger partial charge in [0.25, 0.3) is 5.91 Å². The van der Waals surface area contributed by atoms with E-state index in [0.29, 0.717) is 17.7 Å². The molecular weight excluding hydrogens is 322 g/mol. The van der Waals surface area contributed by atoms with Gasteiger partial charge < -0.3 is 5.73 Å². The average molecular weight is 343 g/mol. The minimum atomic E-state index is -0.261. The number of nitrogens with two attached hydrogens (primary N) is 1. The minimum absolute atomic E-state index is 0.261. The van der Waals surface area contributed by atoms with Crippen molar-refractivity contribution in [3.8, 4) is 0 Å². The lowest BCUT2D eigenvalue weighted by molar-refractivity contribution is 0.0955. The van der Waals surface area contributed by atoms with Gasteiger partial charge in [0.2, 0.25) is 0 Å². The molecule has 0 radical (unpaired) electrons. The molecule has 3 aromatic carbocycles. The van der Waals surface area contributed by atoms with E-state index in [9.17, 15) is 4.79 Å². The van der Waals surface area contributed by atoms with Crippen LogP contribution < -0.4 is 11.2 Å². The van der Waals surface area contributed by atoms with E-state index in [2.05, 4.69) is 10.5 Å². The third-order valence-electron chi connectivity index (χ3n) is 4.06. The van der Waals surface area contributed by atoms with Crippen molar-refractivity contribution in [3.05, 3.63) is 101 Å². The second kappa shape index (κ2) is 8.12. The van der Waals surface area contributed by atoms with Crippen LogP contribution in [0.1, 0.15) is 27.0 Å². The van der Waals surface area contributed by atoms with E-state index in [1.807, 2.05) is 61.5 Å². The van der Waals surface area contributed by atoms with Crippen LogP contribution in [-0.2, 0) is 6.42 Å². The molecule has 4 nitrogen and oxygen atoms in total. The maximum absolute atomic E-state index is 12.3. The van der Waals surface area contributed by atoms with Gasteiger partial charge in [-0.1, -0.05) is 60.2 Å². The first-order chi connectivity index (χ1) is 12.6. The van der Waals surface area contributed by atoms with Gasteiger partial charge in [-0.15, -0.1) is 0 Å². The third-order valence-corrected chi connectivity index (χ3v) is 4.06. The van der Waals surface area contributed by atoms with Crippen molar-refractivity contribution < 1.29 is 4.79 Å². The van der Waals surface area contributed by atoms with Crippen LogP contribution >= 0.6 is 0 Å². The number of carbonyl (C=O) groups is 1. The summed E-state index contributed by atoms with van der Waals surface area (Å²) < 4.78 is 0. The topological polar surface area (TPSA) is 67.5 Å². The van der Waals surface area contributed by atoms with Crippen LogP contribution in [-0.4, -0.2) is 11.6 Å². The van der Waals surface area contributed by atoms with Crippen LogP contribution in [0.2, 0.25) is 0 Å². The van der Waals surface area contributed by atoms with Gasteiger partial charge in [0.1, 0.15) is 0 Å². The fourth-order valence-electron chi connectivity index (χ4n) is 2.56. The van der Waals surface area contributed by atoms with Crippen molar-refractivity contribution in [2.75, 3.05) is 5.73 Å². The van der Waals surface area contributed by atoms with Gasteiger partial charge in [-0.05, 0) is 42.3 Å². The summed E-state index contributed by atoms with van der Waals surface area (Å²) in [5.74, 6) is -0.261. The SMILES string of the molecule is Cc1ccc(/C(Cc2ccccc2)=N/NC(=O)c2ccc(N)cc2)cc1. The maximum atomic E-state index is 12.3. The van der Waals surface area contributed by atoms with E-state index >= 15 is 0 Å². The van der Waals surface area contributed by atoms with Crippen LogP contribution in [0.4, 0.5) is 5.69 Å². The zero-order valence-electron chi connectivity index (χ0n) is 14.6. The molecule has 4 heteroatoms. The number of amides is 1. The molecule has 1 amide bonds. The van der Waals surface area contributed by atoms with Gasteiger partial charge in [-0.2, -0.15) is 5.10 Å².